The van der Waals surface area contributed by atoms with Crippen molar-refractivity contribution in [1.29, 1.82) is 5.26 Å². The van der Waals surface area contributed by atoms with Gasteiger partial charge in [0.15, 0.2) is 0 Å². The van der Waals surface area contributed by atoms with E-state index in [9.17, 15) is 4.79 Å². The van der Waals surface area contributed by atoms with Crippen LogP contribution in [-0.4, -0.2) is 10.9 Å². The number of fused-ring (bicyclic) bond motifs is 1. The molecule has 0 atom stereocenters. The number of anilines is 1. The number of amides is 1. The van der Waals surface area contributed by atoms with Gasteiger partial charge in [0, 0.05) is 18.5 Å². The molecule has 0 bridgehead atoms. The van der Waals surface area contributed by atoms with Gasteiger partial charge in [0.05, 0.1) is 22.8 Å². The number of rotatable bonds is 1. The van der Waals surface area contributed by atoms with E-state index in [1.807, 2.05) is 6.07 Å². The van der Waals surface area contributed by atoms with Gasteiger partial charge in [-0.25, -0.2) is 0 Å². The van der Waals surface area contributed by atoms with Crippen molar-refractivity contribution in [3.63, 3.8) is 0 Å². The van der Waals surface area contributed by atoms with Gasteiger partial charge in [0.2, 0.25) is 5.91 Å². The molecule has 0 radical (unpaired) electrons. The minimum Gasteiger partial charge on any atom is -0.324 e. The average molecular weight is 211 g/mol. The van der Waals surface area contributed by atoms with E-state index < -0.39 is 0 Å². The third kappa shape index (κ3) is 1.71. The summed E-state index contributed by atoms with van der Waals surface area (Å²) in [5.41, 5.74) is 1.82. The Morgan fingerprint density at radius 1 is 1.44 bits per heavy atom. The van der Waals surface area contributed by atoms with Gasteiger partial charge in [-0.2, -0.15) is 5.26 Å². The zero-order valence-electron chi connectivity index (χ0n) is 8.69. The predicted molar refractivity (Wildman–Crippen MR) is 60.8 cm³/mol. The molecule has 1 heterocycles. The maximum Gasteiger partial charge on any atom is 0.221 e. The van der Waals surface area contributed by atoms with Gasteiger partial charge in [-0.05, 0) is 24.3 Å². The third-order valence-electron chi connectivity index (χ3n) is 2.20. The molecule has 0 unspecified atom stereocenters. The highest BCUT2D eigenvalue weighted by Gasteiger charge is 2.07. The fraction of sp³-hybridized carbons (Fsp3) is 0.0833. The minimum atomic E-state index is -0.156. The van der Waals surface area contributed by atoms with Crippen LogP contribution in [0.25, 0.3) is 10.9 Å². The Morgan fingerprint density at radius 2 is 2.25 bits per heavy atom. The van der Waals surface area contributed by atoms with E-state index >= 15 is 0 Å². The second-order valence-corrected chi connectivity index (χ2v) is 3.35. The molecule has 0 saturated heterocycles. The molecule has 0 spiro atoms. The molecule has 1 N–H and O–H groups in total. The van der Waals surface area contributed by atoms with Crippen LogP contribution in [0.1, 0.15) is 12.5 Å². The minimum absolute atomic E-state index is 0.156. The number of aromatic nitrogens is 1. The van der Waals surface area contributed by atoms with Crippen LogP contribution in [0.3, 0.4) is 0 Å². The molecule has 0 fully saturated rings. The predicted octanol–water partition coefficient (Wildman–Crippen LogP) is 2.06. The Bertz CT molecular complexity index is 599. The fourth-order valence-corrected chi connectivity index (χ4v) is 1.56. The molecule has 0 aliphatic carbocycles. The largest absolute Gasteiger partial charge is 0.324 e. The SMILES string of the molecule is CC(=O)Nc1ccc(C#N)c2cccnc12. The lowest BCUT2D eigenvalue weighted by Crippen LogP contribution is -2.06. The molecule has 2 rings (SSSR count). The lowest BCUT2D eigenvalue weighted by atomic mass is 10.1. The van der Waals surface area contributed by atoms with Crippen molar-refractivity contribution in [2.24, 2.45) is 0 Å². The van der Waals surface area contributed by atoms with Crippen LogP contribution in [0.5, 0.6) is 0 Å². The molecule has 4 heteroatoms. The molecule has 2 aromatic rings. The van der Waals surface area contributed by atoms with E-state index in [0.717, 1.165) is 5.39 Å². The van der Waals surface area contributed by atoms with Crippen molar-refractivity contribution in [3.8, 4) is 6.07 Å². The summed E-state index contributed by atoms with van der Waals surface area (Å²) in [7, 11) is 0. The van der Waals surface area contributed by atoms with Gasteiger partial charge >= 0.3 is 0 Å². The summed E-state index contributed by atoms with van der Waals surface area (Å²) in [6.07, 6.45) is 1.63. The Morgan fingerprint density at radius 3 is 2.94 bits per heavy atom. The van der Waals surface area contributed by atoms with Gasteiger partial charge in [-0.3, -0.25) is 9.78 Å². The fourth-order valence-electron chi connectivity index (χ4n) is 1.56. The maximum absolute atomic E-state index is 11.0. The lowest BCUT2D eigenvalue weighted by molar-refractivity contribution is -0.114. The Labute approximate surface area is 92.5 Å². The lowest BCUT2D eigenvalue weighted by Gasteiger charge is -2.06. The van der Waals surface area contributed by atoms with Crippen LogP contribution in [0.15, 0.2) is 30.5 Å². The number of nitriles is 1. The van der Waals surface area contributed by atoms with Crippen molar-refractivity contribution in [2.45, 2.75) is 6.92 Å². The van der Waals surface area contributed by atoms with Crippen molar-refractivity contribution >= 4 is 22.5 Å². The Balaban J connectivity index is 2.70. The number of hydrogen-bond donors (Lipinski definition) is 1. The molecular formula is C12H9N3O. The highest BCUT2D eigenvalue weighted by atomic mass is 16.1. The molecule has 0 saturated carbocycles. The smallest absolute Gasteiger partial charge is 0.221 e. The number of nitrogens with zero attached hydrogens (tertiary/aromatic N) is 2. The van der Waals surface area contributed by atoms with Crippen molar-refractivity contribution in [1.82, 2.24) is 4.98 Å². The summed E-state index contributed by atoms with van der Waals surface area (Å²) in [4.78, 5) is 15.2. The molecule has 0 aliphatic rings. The van der Waals surface area contributed by atoms with Gasteiger partial charge in [-0.1, -0.05) is 0 Å². The van der Waals surface area contributed by atoms with Crippen LogP contribution in [0, 0.1) is 11.3 Å². The zero-order chi connectivity index (χ0) is 11.5. The molecular weight excluding hydrogens is 202 g/mol. The maximum atomic E-state index is 11.0. The van der Waals surface area contributed by atoms with Crippen molar-refractivity contribution in [3.05, 3.63) is 36.0 Å². The number of carbonyl (C=O) groups excluding carboxylic acids is 1. The topological polar surface area (TPSA) is 65.8 Å². The van der Waals surface area contributed by atoms with E-state index in [2.05, 4.69) is 16.4 Å². The Hall–Kier alpha value is -2.41. The number of nitrogens with one attached hydrogen (secondary N) is 1. The van der Waals surface area contributed by atoms with Gasteiger partial charge in [0.25, 0.3) is 0 Å². The van der Waals surface area contributed by atoms with E-state index in [1.54, 1.807) is 24.4 Å². The normalized spacial score (nSPS) is 9.75. The first-order valence-corrected chi connectivity index (χ1v) is 4.78. The summed E-state index contributed by atoms with van der Waals surface area (Å²) in [5.74, 6) is -0.156. The number of benzene rings is 1. The zero-order valence-corrected chi connectivity index (χ0v) is 8.69. The van der Waals surface area contributed by atoms with E-state index in [1.165, 1.54) is 6.92 Å². The highest BCUT2D eigenvalue weighted by molar-refractivity contribution is 6.01. The van der Waals surface area contributed by atoms with Gasteiger partial charge < -0.3 is 5.32 Å². The number of pyridine rings is 1. The molecule has 1 amide bonds. The Kier molecular flexibility index (Phi) is 2.52. The molecule has 4 nitrogen and oxygen atoms in total. The second kappa shape index (κ2) is 3.99. The number of hydrogen-bond acceptors (Lipinski definition) is 3. The first kappa shape index (κ1) is 10.1. The monoisotopic (exact) mass is 211 g/mol. The molecule has 16 heavy (non-hydrogen) atoms. The van der Waals surface area contributed by atoms with Crippen LogP contribution in [0.2, 0.25) is 0 Å². The van der Waals surface area contributed by atoms with Crippen LogP contribution >= 0.6 is 0 Å². The quantitative estimate of drug-likeness (QED) is 0.785. The standard InChI is InChI=1S/C12H9N3O/c1-8(16)15-11-5-4-9(7-13)10-3-2-6-14-12(10)11/h2-6H,1H3,(H,15,16). The first-order valence-electron chi connectivity index (χ1n) is 4.78. The molecule has 1 aromatic heterocycles. The van der Waals surface area contributed by atoms with Crippen LogP contribution in [0.4, 0.5) is 5.69 Å². The summed E-state index contributed by atoms with van der Waals surface area (Å²) >= 11 is 0. The summed E-state index contributed by atoms with van der Waals surface area (Å²) in [6.45, 7) is 1.44. The summed E-state index contributed by atoms with van der Waals surface area (Å²) in [6, 6.07) is 9.04. The number of carbonyl (C=O) groups is 1. The summed E-state index contributed by atoms with van der Waals surface area (Å²) in [5, 5.41) is 12.4. The highest BCUT2D eigenvalue weighted by Crippen LogP contribution is 2.24. The van der Waals surface area contributed by atoms with Gasteiger partial charge in [-0.15, -0.1) is 0 Å². The molecule has 0 aliphatic heterocycles. The molecule has 1 aromatic carbocycles. The first-order chi connectivity index (χ1) is 7.72. The van der Waals surface area contributed by atoms with Crippen molar-refractivity contribution < 1.29 is 4.79 Å². The van der Waals surface area contributed by atoms with E-state index in [4.69, 9.17) is 5.26 Å². The van der Waals surface area contributed by atoms with Crippen LogP contribution < -0.4 is 5.32 Å². The van der Waals surface area contributed by atoms with E-state index in [0.29, 0.717) is 16.8 Å². The average Bonchev–Trinajstić information content (AvgIpc) is 2.29. The van der Waals surface area contributed by atoms with Crippen LogP contribution in [-0.2, 0) is 4.79 Å². The van der Waals surface area contributed by atoms with E-state index in [-0.39, 0.29) is 5.91 Å². The molecule has 78 valence electrons. The second-order valence-electron chi connectivity index (χ2n) is 3.35. The third-order valence-corrected chi connectivity index (χ3v) is 2.20. The van der Waals surface area contributed by atoms with Gasteiger partial charge in [0.1, 0.15) is 0 Å². The van der Waals surface area contributed by atoms with Crippen molar-refractivity contribution in [2.75, 3.05) is 5.32 Å². The summed E-state index contributed by atoms with van der Waals surface area (Å²) < 4.78 is 0.